The van der Waals surface area contributed by atoms with Crippen molar-refractivity contribution >= 4 is 5.91 Å². The Balaban J connectivity index is 1.88. The second-order valence-electron chi connectivity index (χ2n) is 5.72. The van der Waals surface area contributed by atoms with E-state index in [1.165, 1.54) is 0 Å². The second-order valence-corrected chi connectivity index (χ2v) is 5.72. The Labute approximate surface area is 137 Å². The lowest BCUT2D eigenvalue weighted by molar-refractivity contribution is 0.0250. The zero-order valence-electron chi connectivity index (χ0n) is 13.9. The number of hydrogen-bond donors (Lipinski definition) is 1. The van der Waals surface area contributed by atoms with Gasteiger partial charge in [0, 0.05) is 24.8 Å². The Morgan fingerprint density at radius 3 is 2.70 bits per heavy atom. The summed E-state index contributed by atoms with van der Waals surface area (Å²) in [5.74, 6) is 0.391. The van der Waals surface area contributed by atoms with Gasteiger partial charge in [-0.25, -0.2) is 0 Å². The van der Waals surface area contributed by atoms with Gasteiger partial charge in [-0.2, -0.15) is 0 Å². The lowest BCUT2D eigenvalue weighted by Crippen LogP contribution is -2.30. The molecule has 0 aliphatic heterocycles. The van der Waals surface area contributed by atoms with Gasteiger partial charge in [-0.1, -0.05) is 49.3 Å². The van der Waals surface area contributed by atoms with E-state index in [2.05, 4.69) is 24.3 Å². The number of benzene rings is 1. The molecule has 1 heterocycles. The van der Waals surface area contributed by atoms with Crippen LogP contribution in [0.5, 0.6) is 0 Å². The number of aromatic nitrogens is 1. The van der Waals surface area contributed by atoms with Crippen LogP contribution in [0.15, 0.2) is 40.9 Å². The fourth-order valence-corrected chi connectivity index (χ4v) is 2.37. The summed E-state index contributed by atoms with van der Waals surface area (Å²) in [4.78, 5) is 12.1. The van der Waals surface area contributed by atoms with Gasteiger partial charge in [0.1, 0.15) is 5.69 Å². The molecule has 1 atom stereocenters. The first kappa shape index (κ1) is 17.2. The number of nitrogens with one attached hydrogen (secondary N) is 1. The lowest BCUT2D eigenvalue weighted by atomic mass is 10.0. The van der Waals surface area contributed by atoms with Crippen molar-refractivity contribution in [2.45, 2.75) is 33.3 Å². The Kier molecular flexibility index (Phi) is 6.35. The molecule has 2 aromatic rings. The molecule has 0 aliphatic carbocycles. The van der Waals surface area contributed by atoms with Crippen LogP contribution in [0.4, 0.5) is 0 Å². The number of nitrogens with zero attached hydrogens (tertiary/aromatic N) is 1. The fraction of sp³-hybridized carbons (Fsp3) is 0.444. The smallest absolute Gasteiger partial charge is 0.289 e. The van der Waals surface area contributed by atoms with Crippen molar-refractivity contribution in [1.29, 1.82) is 0 Å². The standard InChI is InChI=1S/C18H24N2O3/c1-4-22-16(13(2)3)10-11-19-18(21)17-12-15(20-23-17)14-8-6-5-7-9-14/h5-9,12-13,16H,4,10-11H2,1-3H3,(H,19,21)/t16-/m1/s1. The molecule has 0 saturated carbocycles. The van der Waals surface area contributed by atoms with Crippen LogP contribution in [0.1, 0.15) is 37.7 Å². The second kappa shape index (κ2) is 8.48. The maximum absolute atomic E-state index is 12.1. The summed E-state index contributed by atoms with van der Waals surface area (Å²) in [5.41, 5.74) is 1.58. The van der Waals surface area contributed by atoms with Crippen molar-refractivity contribution in [3.63, 3.8) is 0 Å². The number of carbonyl (C=O) groups excluding carboxylic acids is 1. The summed E-state index contributed by atoms with van der Waals surface area (Å²) in [6.07, 6.45) is 0.923. The maximum Gasteiger partial charge on any atom is 0.289 e. The zero-order chi connectivity index (χ0) is 16.7. The van der Waals surface area contributed by atoms with E-state index in [9.17, 15) is 4.79 Å². The van der Waals surface area contributed by atoms with Crippen molar-refractivity contribution in [3.8, 4) is 11.3 Å². The van der Waals surface area contributed by atoms with E-state index >= 15 is 0 Å². The minimum Gasteiger partial charge on any atom is -0.378 e. The molecule has 0 saturated heterocycles. The van der Waals surface area contributed by atoms with Gasteiger partial charge >= 0.3 is 0 Å². The van der Waals surface area contributed by atoms with E-state index in [4.69, 9.17) is 9.26 Å². The van der Waals surface area contributed by atoms with Crippen LogP contribution in [-0.2, 0) is 4.74 Å². The Bertz CT molecular complexity index is 608. The Morgan fingerprint density at radius 2 is 2.04 bits per heavy atom. The van der Waals surface area contributed by atoms with Gasteiger partial charge in [-0.05, 0) is 19.3 Å². The van der Waals surface area contributed by atoms with Crippen molar-refractivity contribution in [1.82, 2.24) is 10.5 Å². The van der Waals surface area contributed by atoms with Crippen LogP contribution in [0.25, 0.3) is 11.3 Å². The van der Waals surface area contributed by atoms with Crippen LogP contribution in [0.3, 0.4) is 0 Å². The van der Waals surface area contributed by atoms with Gasteiger partial charge < -0.3 is 14.6 Å². The molecule has 1 amide bonds. The molecular weight excluding hydrogens is 292 g/mol. The van der Waals surface area contributed by atoms with Crippen molar-refractivity contribution < 1.29 is 14.1 Å². The molecule has 23 heavy (non-hydrogen) atoms. The van der Waals surface area contributed by atoms with Gasteiger partial charge in [-0.15, -0.1) is 0 Å². The molecule has 5 nitrogen and oxygen atoms in total. The monoisotopic (exact) mass is 316 g/mol. The molecule has 0 bridgehead atoms. The zero-order valence-corrected chi connectivity index (χ0v) is 13.9. The van der Waals surface area contributed by atoms with Gasteiger partial charge in [0.2, 0.25) is 5.76 Å². The molecule has 124 valence electrons. The minimum atomic E-state index is -0.251. The van der Waals surface area contributed by atoms with Crippen molar-refractivity contribution in [2.24, 2.45) is 5.92 Å². The van der Waals surface area contributed by atoms with Crippen LogP contribution >= 0.6 is 0 Å². The molecule has 1 aromatic heterocycles. The third-order valence-corrected chi connectivity index (χ3v) is 3.64. The normalized spacial score (nSPS) is 12.3. The molecule has 1 N–H and O–H groups in total. The maximum atomic E-state index is 12.1. The van der Waals surface area contributed by atoms with E-state index in [0.717, 1.165) is 12.0 Å². The van der Waals surface area contributed by atoms with Crippen molar-refractivity contribution in [2.75, 3.05) is 13.2 Å². The minimum absolute atomic E-state index is 0.148. The third-order valence-electron chi connectivity index (χ3n) is 3.64. The predicted octanol–water partition coefficient (Wildman–Crippen LogP) is 3.52. The summed E-state index contributed by atoms with van der Waals surface area (Å²) in [5, 5.41) is 6.80. The predicted molar refractivity (Wildman–Crippen MR) is 89.1 cm³/mol. The highest BCUT2D eigenvalue weighted by molar-refractivity contribution is 5.92. The summed E-state index contributed by atoms with van der Waals surface area (Å²) in [7, 11) is 0. The molecule has 1 aromatic carbocycles. The molecule has 2 rings (SSSR count). The highest BCUT2D eigenvalue weighted by atomic mass is 16.5. The Morgan fingerprint density at radius 1 is 1.30 bits per heavy atom. The summed E-state index contributed by atoms with van der Waals surface area (Å²) >= 11 is 0. The third kappa shape index (κ3) is 4.93. The first-order chi connectivity index (χ1) is 11.1. The number of rotatable bonds is 8. The molecule has 0 unspecified atom stereocenters. The molecular formula is C18H24N2O3. The van der Waals surface area contributed by atoms with Crippen LogP contribution in [0, 0.1) is 5.92 Å². The number of hydrogen-bond acceptors (Lipinski definition) is 4. The van der Waals surface area contributed by atoms with Crippen LogP contribution < -0.4 is 5.32 Å². The van der Waals surface area contributed by atoms with E-state index in [0.29, 0.717) is 24.8 Å². The van der Waals surface area contributed by atoms with E-state index in [1.54, 1.807) is 6.07 Å². The summed E-state index contributed by atoms with van der Waals surface area (Å²) < 4.78 is 10.8. The molecule has 0 radical (unpaired) electrons. The Hall–Kier alpha value is -2.14. The van der Waals surface area contributed by atoms with Gasteiger partial charge in [0.25, 0.3) is 5.91 Å². The summed E-state index contributed by atoms with van der Waals surface area (Å²) in [6, 6.07) is 11.3. The SMILES string of the molecule is CCO[C@H](CCNC(=O)c1cc(-c2ccccc2)no1)C(C)C. The molecule has 5 heteroatoms. The molecule has 0 aliphatic rings. The average Bonchev–Trinajstić information content (AvgIpc) is 3.04. The first-order valence-corrected chi connectivity index (χ1v) is 8.03. The topological polar surface area (TPSA) is 64.4 Å². The van der Waals surface area contributed by atoms with E-state index in [1.807, 2.05) is 37.3 Å². The quantitative estimate of drug-likeness (QED) is 0.809. The molecule has 0 fully saturated rings. The average molecular weight is 316 g/mol. The van der Waals surface area contributed by atoms with Crippen LogP contribution in [-0.4, -0.2) is 30.3 Å². The summed E-state index contributed by atoms with van der Waals surface area (Å²) in [6.45, 7) is 7.44. The molecule has 0 spiro atoms. The number of ether oxygens (including phenoxy) is 1. The van der Waals surface area contributed by atoms with Gasteiger partial charge in [0.15, 0.2) is 0 Å². The fourth-order valence-electron chi connectivity index (χ4n) is 2.37. The highest BCUT2D eigenvalue weighted by Gasteiger charge is 2.16. The highest BCUT2D eigenvalue weighted by Crippen LogP contribution is 2.18. The number of carbonyl (C=O) groups is 1. The van der Waals surface area contributed by atoms with Crippen molar-refractivity contribution in [3.05, 3.63) is 42.2 Å². The van der Waals surface area contributed by atoms with Gasteiger partial charge in [-0.3, -0.25) is 4.79 Å². The van der Waals surface area contributed by atoms with E-state index < -0.39 is 0 Å². The van der Waals surface area contributed by atoms with Gasteiger partial charge in [0.05, 0.1) is 6.10 Å². The lowest BCUT2D eigenvalue weighted by Gasteiger charge is -2.20. The largest absolute Gasteiger partial charge is 0.378 e. The first-order valence-electron chi connectivity index (χ1n) is 8.03. The number of amides is 1. The van der Waals surface area contributed by atoms with E-state index in [-0.39, 0.29) is 17.8 Å². The van der Waals surface area contributed by atoms with Crippen LogP contribution in [0.2, 0.25) is 0 Å².